The summed E-state index contributed by atoms with van der Waals surface area (Å²) in [6.07, 6.45) is 17.2. The maximum atomic E-state index is 12.2. The van der Waals surface area contributed by atoms with Crippen LogP contribution in [0.25, 0.3) is 0 Å². The van der Waals surface area contributed by atoms with Crippen molar-refractivity contribution in [1.29, 1.82) is 0 Å². The lowest BCUT2D eigenvalue weighted by Gasteiger charge is -2.13. The molecule has 0 aliphatic rings. The Morgan fingerprint density at radius 2 is 0.980 bits per heavy atom. The van der Waals surface area contributed by atoms with E-state index in [0.717, 1.165) is 44.9 Å². The van der Waals surface area contributed by atoms with Gasteiger partial charge < -0.3 is 44.8 Å². The van der Waals surface area contributed by atoms with Gasteiger partial charge in [0.05, 0.1) is 45.7 Å². The number of ether oxygens (including phenoxy) is 4. The van der Waals surface area contributed by atoms with Crippen molar-refractivity contribution in [1.82, 2.24) is 16.0 Å². The topological polar surface area (TPSA) is 196 Å². The minimum atomic E-state index is -0.704. The predicted octanol–water partition coefficient (Wildman–Crippen LogP) is 3.66. The minimum Gasteiger partial charge on any atom is -0.481 e. The van der Waals surface area contributed by atoms with E-state index in [4.69, 9.17) is 24.1 Å². The van der Waals surface area contributed by atoms with E-state index in [1.807, 2.05) is 0 Å². The first-order valence-corrected chi connectivity index (χ1v) is 18.5. The Hall–Kier alpha value is -2.94. The van der Waals surface area contributed by atoms with Gasteiger partial charge >= 0.3 is 5.97 Å². The molecule has 1 unspecified atom stereocenters. The van der Waals surface area contributed by atoms with E-state index in [1.54, 1.807) is 0 Å². The zero-order chi connectivity index (χ0) is 36.9. The number of carbonyl (C=O) groups excluding carboxylic acids is 5. The summed E-state index contributed by atoms with van der Waals surface area (Å²) in [6, 6.07) is -0.693. The molecule has 4 N–H and O–H groups in total. The molecule has 0 heterocycles. The Morgan fingerprint density at radius 3 is 1.46 bits per heavy atom. The van der Waals surface area contributed by atoms with Gasteiger partial charge in [0.15, 0.2) is 5.78 Å². The Bertz CT molecular complexity index is 905. The van der Waals surface area contributed by atoms with Gasteiger partial charge in [-0.15, -0.1) is 0 Å². The number of hydrogen-bond acceptors (Lipinski definition) is 10. The van der Waals surface area contributed by atoms with E-state index in [2.05, 4.69) is 16.0 Å². The van der Waals surface area contributed by atoms with Crippen LogP contribution in [0.2, 0.25) is 0 Å². The lowest BCUT2D eigenvalue weighted by atomic mass is 10.0. The van der Waals surface area contributed by atoms with E-state index in [9.17, 15) is 28.8 Å². The number of carbonyl (C=O) groups is 6. The molecule has 14 nitrogen and oxygen atoms in total. The smallest absolute Gasteiger partial charge is 0.303 e. The molecule has 0 fully saturated rings. The number of rotatable bonds is 38. The zero-order valence-corrected chi connectivity index (χ0v) is 30.5. The predicted molar refractivity (Wildman–Crippen MR) is 189 cm³/mol. The number of amides is 3. The van der Waals surface area contributed by atoms with E-state index in [-0.39, 0.29) is 82.3 Å². The Morgan fingerprint density at radius 1 is 0.540 bits per heavy atom. The normalized spacial score (nSPS) is 11.5. The SMILES string of the molecule is CC(=O)COCCOCCNC(=O)COCCOCCNC(=O)CCC(C=O)NC(=O)CCCCCCCCCCCCCCCCC(=O)O. The molecule has 50 heavy (non-hydrogen) atoms. The highest BCUT2D eigenvalue weighted by Gasteiger charge is 2.13. The first kappa shape index (κ1) is 47.1. The second-order valence-corrected chi connectivity index (χ2v) is 12.4. The standard InChI is InChI=1S/C36H65N3O11/c1-31(41)29-49-26-24-48-23-21-38-35(44)30-50-27-25-47-22-20-37-33(42)19-18-32(28-40)39-34(43)16-14-12-10-8-6-4-2-3-5-7-9-11-13-15-17-36(45)46/h28,32H,2-27,29-30H2,1H3,(H,37,42)(H,38,44)(H,39,43)(H,45,46). The lowest BCUT2D eigenvalue weighted by molar-refractivity contribution is -0.137. The van der Waals surface area contributed by atoms with Crippen LogP contribution in [0.3, 0.4) is 0 Å². The second kappa shape index (κ2) is 35.9. The fourth-order valence-electron chi connectivity index (χ4n) is 4.91. The molecule has 0 saturated heterocycles. The van der Waals surface area contributed by atoms with Crippen molar-refractivity contribution in [2.45, 2.75) is 129 Å². The van der Waals surface area contributed by atoms with Crippen LogP contribution in [0.1, 0.15) is 122 Å². The quantitative estimate of drug-likeness (QED) is 0.0538. The van der Waals surface area contributed by atoms with Crippen molar-refractivity contribution in [3.05, 3.63) is 0 Å². The van der Waals surface area contributed by atoms with Crippen LogP contribution >= 0.6 is 0 Å². The van der Waals surface area contributed by atoms with Crippen LogP contribution in [-0.2, 0) is 47.7 Å². The van der Waals surface area contributed by atoms with Gasteiger partial charge in [0.2, 0.25) is 17.7 Å². The highest BCUT2D eigenvalue weighted by Crippen LogP contribution is 2.14. The van der Waals surface area contributed by atoms with Gasteiger partial charge in [-0.1, -0.05) is 77.0 Å². The molecular formula is C36H65N3O11. The molecule has 0 aliphatic heterocycles. The number of aldehydes is 1. The van der Waals surface area contributed by atoms with Gasteiger partial charge in [-0.2, -0.15) is 0 Å². The third-order valence-electron chi connectivity index (χ3n) is 7.66. The summed E-state index contributed by atoms with van der Waals surface area (Å²) in [5, 5.41) is 16.7. The number of nitrogens with one attached hydrogen (secondary N) is 3. The van der Waals surface area contributed by atoms with Gasteiger partial charge in [-0.05, 0) is 26.2 Å². The van der Waals surface area contributed by atoms with Crippen LogP contribution in [-0.4, -0.2) is 113 Å². The molecule has 14 heteroatoms. The van der Waals surface area contributed by atoms with Gasteiger partial charge in [0.25, 0.3) is 0 Å². The van der Waals surface area contributed by atoms with E-state index < -0.39 is 12.0 Å². The van der Waals surface area contributed by atoms with Crippen molar-refractivity contribution in [2.24, 2.45) is 0 Å². The minimum absolute atomic E-state index is 0.0479. The molecule has 290 valence electrons. The molecule has 0 radical (unpaired) electrons. The summed E-state index contributed by atoms with van der Waals surface area (Å²) in [5.74, 6) is -1.44. The Kier molecular flexibility index (Phi) is 33.8. The number of ketones is 1. The first-order chi connectivity index (χ1) is 24.2. The average Bonchev–Trinajstić information content (AvgIpc) is 3.08. The molecule has 0 rings (SSSR count). The van der Waals surface area contributed by atoms with Gasteiger partial charge in [-0.3, -0.25) is 24.0 Å². The van der Waals surface area contributed by atoms with Gasteiger partial charge in [-0.25, -0.2) is 0 Å². The lowest BCUT2D eigenvalue weighted by Crippen LogP contribution is -2.37. The van der Waals surface area contributed by atoms with Crippen molar-refractivity contribution in [3.63, 3.8) is 0 Å². The maximum absolute atomic E-state index is 12.2. The van der Waals surface area contributed by atoms with E-state index >= 15 is 0 Å². The average molecular weight is 716 g/mol. The summed E-state index contributed by atoms with van der Waals surface area (Å²) < 4.78 is 21.0. The summed E-state index contributed by atoms with van der Waals surface area (Å²) in [6.45, 7) is 3.73. The third kappa shape index (κ3) is 36.3. The first-order valence-electron chi connectivity index (χ1n) is 18.5. The van der Waals surface area contributed by atoms with Crippen LogP contribution in [0.15, 0.2) is 0 Å². The number of carboxylic acid groups (broad SMARTS) is 1. The Balaban J connectivity index is 3.56. The van der Waals surface area contributed by atoms with Crippen molar-refractivity contribution in [3.8, 4) is 0 Å². The van der Waals surface area contributed by atoms with Crippen molar-refractivity contribution < 1.29 is 52.8 Å². The van der Waals surface area contributed by atoms with Gasteiger partial charge in [0.1, 0.15) is 19.5 Å². The molecule has 0 bridgehead atoms. The summed E-state index contributed by atoms with van der Waals surface area (Å²) >= 11 is 0. The number of unbranched alkanes of at least 4 members (excludes halogenated alkanes) is 13. The maximum Gasteiger partial charge on any atom is 0.303 e. The number of hydrogen-bond donors (Lipinski definition) is 4. The largest absolute Gasteiger partial charge is 0.481 e. The molecule has 0 aromatic rings. The van der Waals surface area contributed by atoms with Crippen molar-refractivity contribution in [2.75, 3.05) is 65.9 Å². The van der Waals surface area contributed by atoms with Gasteiger partial charge in [0, 0.05) is 32.4 Å². The molecule has 0 saturated carbocycles. The fourth-order valence-corrected chi connectivity index (χ4v) is 4.91. The number of Topliss-reactive ketones (excluding diaryl/α,β-unsaturated/α-hetero) is 1. The van der Waals surface area contributed by atoms with Crippen LogP contribution < -0.4 is 16.0 Å². The summed E-state index contributed by atoms with van der Waals surface area (Å²) in [7, 11) is 0. The number of carboxylic acids is 1. The van der Waals surface area contributed by atoms with Crippen LogP contribution in [0.4, 0.5) is 0 Å². The molecule has 0 aromatic carbocycles. The highest BCUT2D eigenvalue weighted by atomic mass is 16.5. The molecule has 0 spiro atoms. The second-order valence-electron chi connectivity index (χ2n) is 12.4. The monoisotopic (exact) mass is 715 g/mol. The zero-order valence-electron chi connectivity index (χ0n) is 30.5. The third-order valence-corrected chi connectivity index (χ3v) is 7.66. The molecule has 0 aromatic heterocycles. The molecular weight excluding hydrogens is 650 g/mol. The summed E-state index contributed by atoms with van der Waals surface area (Å²) in [5.41, 5.74) is 0. The fraction of sp³-hybridized carbons (Fsp3) is 0.833. The van der Waals surface area contributed by atoms with Crippen LogP contribution in [0.5, 0.6) is 0 Å². The summed E-state index contributed by atoms with van der Waals surface area (Å²) in [4.78, 5) is 68.7. The highest BCUT2D eigenvalue weighted by molar-refractivity contribution is 5.80. The molecule has 3 amide bonds. The molecule has 0 aliphatic carbocycles. The van der Waals surface area contributed by atoms with Crippen LogP contribution in [0, 0.1) is 0 Å². The van der Waals surface area contributed by atoms with Crippen molar-refractivity contribution >= 4 is 35.8 Å². The number of aliphatic carboxylic acids is 1. The van der Waals surface area contributed by atoms with E-state index in [1.165, 1.54) is 51.9 Å². The Labute approximate surface area is 298 Å². The van der Waals surface area contributed by atoms with E-state index in [0.29, 0.717) is 39.1 Å². The molecule has 1 atom stereocenters.